The molecule has 0 N–H and O–H groups in total. The first-order chi connectivity index (χ1) is 11.2. The number of carbonyl (C=O) groups is 1. The van der Waals surface area contributed by atoms with Gasteiger partial charge in [0.15, 0.2) is 0 Å². The lowest BCUT2D eigenvalue weighted by Crippen LogP contribution is -2.33. The maximum atomic E-state index is 15.9. The van der Waals surface area contributed by atoms with Crippen molar-refractivity contribution in [1.82, 2.24) is 0 Å². The van der Waals surface area contributed by atoms with Crippen molar-refractivity contribution < 1.29 is 9.18 Å². The second-order valence-corrected chi connectivity index (χ2v) is 5.52. The van der Waals surface area contributed by atoms with Crippen LogP contribution >= 0.6 is 0 Å². The van der Waals surface area contributed by atoms with E-state index in [4.69, 9.17) is 0 Å². The summed E-state index contributed by atoms with van der Waals surface area (Å²) in [6, 6.07) is 26.6. The molecular formula is C21H17FO. The Morgan fingerprint density at radius 1 is 0.739 bits per heavy atom. The highest BCUT2D eigenvalue weighted by molar-refractivity contribution is 6.03. The molecule has 0 aliphatic carbocycles. The molecule has 3 rings (SSSR count). The quantitative estimate of drug-likeness (QED) is 0.608. The monoisotopic (exact) mass is 304 g/mol. The van der Waals surface area contributed by atoms with Gasteiger partial charge < -0.3 is 0 Å². The standard InChI is InChI=1S/C21H17FO/c22-21(19-14-8-3-9-15-19,16-17-10-4-1-5-11-17)20(23)18-12-6-2-7-13-18/h1-15H,16H2/t21-/m0/s1. The molecule has 0 amide bonds. The first-order valence-corrected chi connectivity index (χ1v) is 7.58. The largest absolute Gasteiger partial charge is 0.290 e. The summed E-state index contributed by atoms with van der Waals surface area (Å²) in [5.41, 5.74) is -0.514. The topological polar surface area (TPSA) is 17.1 Å². The first-order valence-electron chi connectivity index (χ1n) is 7.58. The molecule has 0 aliphatic rings. The van der Waals surface area contributed by atoms with Crippen molar-refractivity contribution in [2.45, 2.75) is 12.1 Å². The van der Waals surface area contributed by atoms with Crippen LogP contribution in [0.25, 0.3) is 0 Å². The van der Waals surface area contributed by atoms with Gasteiger partial charge >= 0.3 is 0 Å². The third-order valence-corrected chi connectivity index (χ3v) is 3.92. The van der Waals surface area contributed by atoms with Gasteiger partial charge in [0.2, 0.25) is 11.5 Å². The Hall–Kier alpha value is -2.74. The van der Waals surface area contributed by atoms with E-state index in [9.17, 15) is 4.79 Å². The second-order valence-electron chi connectivity index (χ2n) is 5.52. The zero-order valence-corrected chi connectivity index (χ0v) is 12.7. The number of Topliss-reactive ketones (excluding diaryl/α,β-unsaturated/α-hetero) is 1. The Bertz CT molecular complexity index is 769. The Morgan fingerprint density at radius 3 is 1.78 bits per heavy atom. The van der Waals surface area contributed by atoms with Gasteiger partial charge in [-0.25, -0.2) is 4.39 Å². The lowest BCUT2D eigenvalue weighted by molar-refractivity contribution is 0.0676. The van der Waals surface area contributed by atoms with Crippen LogP contribution in [0, 0.1) is 0 Å². The van der Waals surface area contributed by atoms with Crippen LogP contribution in [0.15, 0.2) is 91.0 Å². The lowest BCUT2D eigenvalue weighted by Gasteiger charge is -2.25. The molecule has 0 spiro atoms. The Kier molecular flexibility index (Phi) is 4.33. The van der Waals surface area contributed by atoms with Crippen molar-refractivity contribution in [2.75, 3.05) is 0 Å². The number of carbonyl (C=O) groups excluding carboxylic acids is 1. The maximum Gasteiger partial charge on any atom is 0.204 e. The summed E-state index contributed by atoms with van der Waals surface area (Å²) >= 11 is 0. The SMILES string of the molecule is O=C(c1ccccc1)[C@](F)(Cc1ccccc1)c1ccccc1. The minimum Gasteiger partial charge on any atom is -0.290 e. The third kappa shape index (κ3) is 3.21. The van der Waals surface area contributed by atoms with Gasteiger partial charge in [-0.05, 0) is 11.1 Å². The van der Waals surface area contributed by atoms with E-state index < -0.39 is 11.5 Å². The van der Waals surface area contributed by atoms with Crippen molar-refractivity contribution in [3.05, 3.63) is 108 Å². The summed E-state index contributed by atoms with van der Waals surface area (Å²) in [6.45, 7) is 0. The maximum absolute atomic E-state index is 15.9. The van der Waals surface area contributed by atoms with Crippen LogP contribution in [0.4, 0.5) is 4.39 Å². The normalized spacial score (nSPS) is 13.3. The van der Waals surface area contributed by atoms with Gasteiger partial charge in [0, 0.05) is 12.0 Å². The predicted octanol–water partition coefficient (Wildman–Crippen LogP) is 4.98. The number of benzene rings is 3. The van der Waals surface area contributed by atoms with Crippen molar-refractivity contribution in [2.24, 2.45) is 0 Å². The highest BCUT2D eigenvalue weighted by atomic mass is 19.1. The zero-order valence-electron chi connectivity index (χ0n) is 12.7. The number of halogens is 1. The van der Waals surface area contributed by atoms with Crippen LogP contribution in [-0.4, -0.2) is 5.78 Å². The predicted molar refractivity (Wildman–Crippen MR) is 90.1 cm³/mol. The molecule has 0 fully saturated rings. The van der Waals surface area contributed by atoms with Crippen molar-refractivity contribution >= 4 is 5.78 Å². The summed E-state index contributed by atoms with van der Waals surface area (Å²) in [5, 5.41) is 0. The van der Waals surface area contributed by atoms with Crippen molar-refractivity contribution in [3.8, 4) is 0 Å². The van der Waals surface area contributed by atoms with E-state index in [1.165, 1.54) is 0 Å². The average molecular weight is 304 g/mol. The van der Waals surface area contributed by atoms with E-state index in [0.717, 1.165) is 5.56 Å². The third-order valence-electron chi connectivity index (χ3n) is 3.92. The van der Waals surface area contributed by atoms with Gasteiger partial charge in [-0.1, -0.05) is 91.0 Å². The van der Waals surface area contributed by atoms with Crippen LogP contribution in [-0.2, 0) is 12.1 Å². The fourth-order valence-corrected chi connectivity index (χ4v) is 2.71. The number of alkyl halides is 1. The summed E-state index contributed by atoms with van der Waals surface area (Å²) in [6.07, 6.45) is 0.0194. The molecule has 1 atom stereocenters. The smallest absolute Gasteiger partial charge is 0.204 e. The summed E-state index contributed by atoms with van der Waals surface area (Å²) in [5.74, 6) is -0.506. The number of rotatable bonds is 5. The van der Waals surface area contributed by atoms with Crippen LogP contribution < -0.4 is 0 Å². The van der Waals surface area contributed by atoms with Crippen LogP contribution in [0.2, 0.25) is 0 Å². The molecule has 0 aromatic heterocycles. The molecule has 114 valence electrons. The summed E-state index contributed by atoms with van der Waals surface area (Å²) in [4.78, 5) is 12.9. The highest BCUT2D eigenvalue weighted by Crippen LogP contribution is 2.34. The molecule has 0 saturated heterocycles. The molecular weight excluding hydrogens is 287 g/mol. The first kappa shape index (κ1) is 15.2. The number of hydrogen-bond donors (Lipinski definition) is 0. The van der Waals surface area contributed by atoms with Gasteiger partial charge in [-0.15, -0.1) is 0 Å². The highest BCUT2D eigenvalue weighted by Gasteiger charge is 2.40. The molecule has 0 heterocycles. The fourth-order valence-electron chi connectivity index (χ4n) is 2.71. The van der Waals surface area contributed by atoms with Gasteiger partial charge in [0.1, 0.15) is 0 Å². The number of hydrogen-bond acceptors (Lipinski definition) is 1. The average Bonchev–Trinajstić information content (AvgIpc) is 2.63. The Labute approximate surface area is 135 Å². The summed E-state index contributed by atoms with van der Waals surface area (Å²) in [7, 11) is 0. The van der Waals surface area contributed by atoms with Crippen LogP contribution in [0.5, 0.6) is 0 Å². The van der Waals surface area contributed by atoms with E-state index in [2.05, 4.69) is 0 Å². The Balaban J connectivity index is 2.05. The van der Waals surface area contributed by atoms with E-state index in [1.807, 2.05) is 42.5 Å². The molecule has 0 radical (unpaired) electrons. The molecule has 0 saturated carbocycles. The minimum absolute atomic E-state index is 0.0194. The van der Waals surface area contributed by atoms with Crippen molar-refractivity contribution in [1.29, 1.82) is 0 Å². The lowest BCUT2D eigenvalue weighted by atomic mass is 9.82. The zero-order chi connectivity index (χ0) is 16.1. The molecule has 3 aromatic rings. The molecule has 23 heavy (non-hydrogen) atoms. The van der Waals surface area contributed by atoms with E-state index in [0.29, 0.717) is 11.1 Å². The van der Waals surface area contributed by atoms with Gasteiger partial charge in [0.25, 0.3) is 0 Å². The van der Waals surface area contributed by atoms with Crippen LogP contribution in [0.1, 0.15) is 21.5 Å². The van der Waals surface area contributed by atoms with Gasteiger partial charge in [-0.3, -0.25) is 4.79 Å². The van der Waals surface area contributed by atoms with Gasteiger partial charge in [0.05, 0.1) is 0 Å². The molecule has 0 bridgehead atoms. The fraction of sp³-hybridized carbons (Fsp3) is 0.0952. The minimum atomic E-state index is -2.08. The second kappa shape index (κ2) is 6.57. The Morgan fingerprint density at radius 2 is 1.22 bits per heavy atom. The molecule has 3 aromatic carbocycles. The van der Waals surface area contributed by atoms with E-state index in [-0.39, 0.29) is 6.42 Å². The van der Waals surface area contributed by atoms with Gasteiger partial charge in [-0.2, -0.15) is 0 Å². The molecule has 1 nitrogen and oxygen atoms in total. The van der Waals surface area contributed by atoms with Crippen LogP contribution in [0.3, 0.4) is 0 Å². The van der Waals surface area contributed by atoms with E-state index >= 15 is 4.39 Å². The molecule has 2 heteroatoms. The number of ketones is 1. The van der Waals surface area contributed by atoms with Crippen molar-refractivity contribution in [3.63, 3.8) is 0 Å². The molecule has 0 unspecified atom stereocenters. The molecule has 0 aliphatic heterocycles. The summed E-state index contributed by atoms with van der Waals surface area (Å²) < 4.78 is 15.9. The van der Waals surface area contributed by atoms with E-state index in [1.54, 1.807) is 48.5 Å².